The number of carbonyl (C=O) groups excluding carboxylic acids is 1. The minimum absolute atomic E-state index is 0.0800. The molecular weight excluding hydrogens is 344 g/mol. The molecule has 0 bridgehead atoms. The van der Waals surface area contributed by atoms with Crippen molar-refractivity contribution in [3.05, 3.63) is 53.3 Å². The van der Waals surface area contributed by atoms with Crippen LogP contribution in [0.5, 0.6) is 0 Å². The maximum Gasteiger partial charge on any atom is 0.272 e. The van der Waals surface area contributed by atoms with Crippen molar-refractivity contribution in [3.8, 4) is 0 Å². The van der Waals surface area contributed by atoms with Gasteiger partial charge in [0.2, 0.25) is 5.95 Å². The molecule has 1 amide bonds. The lowest BCUT2D eigenvalue weighted by Crippen LogP contribution is -2.47. The van der Waals surface area contributed by atoms with Crippen molar-refractivity contribution in [2.75, 3.05) is 31.6 Å². The lowest BCUT2D eigenvalue weighted by Gasteiger charge is -2.37. The van der Waals surface area contributed by atoms with Crippen LogP contribution in [0.2, 0.25) is 0 Å². The summed E-state index contributed by atoms with van der Waals surface area (Å²) in [5.41, 5.74) is 2.76. The van der Waals surface area contributed by atoms with Crippen molar-refractivity contribution in [1.82, 2.24) is 14.9 Å². The number of piperidine rings is 1. The van der Waals surface area contributed by atoms with Crippen molar-refractivity contribution < 1.29 is 14.3 Å². The van der Waals surface area contributed by atoms with Gasteiger partial charge in [-0.1, -0.05) is 29.8 Å². The van der Waals surface area contributed by atoms with E-state index in [1.165, 1.54) is 5.56 Å². The second-order valence-corrected chi connectivity index (χ2v) is 7.00. The Balaban J connectivity index is 1.37. The number of amides is 1. The van der Waals surface area contributed by atoms with Crippen LogP contribution in [0.25, 0.3) is 0 Å². The summed E-state index contributed by atoms with van der Waals surface area (Å²) in [5.74, 6) is -0.107. The second-order valence-electron chi connectivity index (χ2n) is 7.00. The summed E-state index contributed by atoms with van der Waals surface area (Å²) < 4.78 is 11.4. The summed E-state index contributed by atoms with van der Waals surface area (Å²) in [6.45, 7) is 5.15. The second kappa shape index (κ2) is 7.62. The van der Waals surface area contributed by atoms with E-state index in [4.69, 9.17) is 9.47 Å². The Morgan fingerprint density at radius 1 is 1.15 bits per heavy atom. The molecule has 7 heteroatoms. The van der Waals surface area contributed by atoms with E-state index < -0.39 is 5.79 Å². The number of benzene rings is 1. The van der Waals surface area contributed by atoms with Crippen molar-refractivity contribution in [1.29, 1.82) is 0 Å². The number of rotatable bonds is 4. The zero-order chi connectivity index (χ0) is 18.7. The van der Waals surface area contributed by atoms with Crippen LogP contribution in [-0.2, 0) is 16.0 Å². The first-order chi connectivity index (χ1) is 13.1. The molecule has 3 heterocycles. The number of aromatic nitrogens is 2. The average Bonchev–Trinajstić information content (AvgIpc) is 3.16. The van der Waals surface area contributed by atoms with E-state index in [2.05, 4.69) is 46.5 Å². The Labute approximate surface area is 158 Å². The van der Waals surface area contributed by atoms with E-state index in [0.717, 1.165) is 5.56 Å². The zero-order valence-electron chi connectivity index (χ0n) is 15.5. The van der Waals surface area contributed by atoms with Crippen LogP contribution in [0.4, 0.5) is 5.95 Å². The van der Waals surface area contributed by atoms with Crippen LogP contribution in [0.15, 0.2) is 36.5 Å². The number of hydrogen-bond donors (Lipinski definition) is 1. The lowest BCUT2D eigenvalue weighted by atomic mass is 10.0. The van der Waals surface area contributed by atoms with Crippen LogP contribution in [-0.4, -0.2) is 52.9 Å². The summed E-state index contributed by atoms with van der Waals surface area (Å²) in [5, 5.41) is 3.19. The van der Waals surface area contributed by atoms with E-state index in [9.17, 15) is 4.79 Å². The Morgan fingerprint density at radius 2 is 1.85 bits per heavy atom. The molecule has 7 nitrogen and oxygen atoms in total. The van der Waals surface area contributed by atoms with E-state index in [1.807, 2.05) is 4.90 Å². The molecule has 2 aliphatic rings. The number of anilines is 1. The molecule has 0 saturated carbocycles. The maximum atomic E-state index is 12.8. The van der Waals surface area contributed by atoms with E-state index in [0.29, 0.717) is 57.3 Å². The smallest absolute Gasteiger partial charge is 0.272 e. The third kappa shape index (κ3) is 4.09. The Hall–Kier alpha value is -2.51. The quantitative estimate of drug-likeness (QED) is 0.893. The fourth-order valence-electron chi connectivity index (χ4n) is 3.45. The van der Waals surface area contributed by atoms with Gasteiger partial charge in [-0.2, -0.15) is 0 Å². The highest BCUT2D eigenvalue weighted by molar-refractivity contribution is 5.92. The number of nitrogens with one attached hydrogen (secondary N) is 1. The number of carbonyl (C=O) groups is 1. The van der Waals surface area contributed by atoms with Gasteiger partial charge >= 0.3 is 0 Å². The van der Waals surface area contributed by atoms with E-state index in [-0.39, 0.29) is 5.91 Å². The van der Waals surface area contributed by atoms with Crippen molar-refractivity contribution >= 4 is 11.9 Å². The molecule has 142 valence electrons. The summed E-state index contributed by atoms with van der Waals surface area (Å²) in [4.78, 5) is 23.2. The zero-order valence-corrected chi connectivity index (χ0v) is 15.5. The fourth-order valence-corrected chi connectivity index (χ4v) is 3.45. The Morgan fingerprint density at radius 3 is 2.56 bits per heavy atom. The van der Waals surface area contributed by atoms with E-state index in [1.54, 1.807) is 12.3 Å². The minimum atomic E-state index is -0.483. The largest absolute Gasteiger partial charge is 0.350 e. The first-order valence-electron chi connectivity index (χ1n) is 9.33. The molecule has 1 spiro atoms. The highest BCUT2D eigenvalue weighted by Gasteiger charge is 2.41. The molecule has 27 heavy (non-hydrogen) atoms. The number of ether oxygens (including phenoxy) is 2. The van der Waals surface area contributed by atoms with Gasteiger partial charge in [0.15, 0.2) is 5.79 Å². The van der Waals surface area contributed by atoms with Gasteiger partial charge in [0.05, 0.1) is 13.2 Å². The average molecular weight is 368 g/mol. The standard InChI is InChI=1S/C20H24N4O3/c1-15-2-4-16(5-3-15)14-22-19-21-9-6-17(23-19)18(25)24-10-7-20(8-11-24)26-12-13-27-20/h2-6,9H,7-8,10-14H2,1H3,(H,21,22,23). The number of hydrogen-bond acceptors (Lipinski definition) is 6. The molecule has 0 aliphatic carbocycles. The van der Waals surface area contributed by atoms with Crippen molar-refractivity contribution in [2.24, 2.45) is 0 Å². The third-order valence-corrected chi connectivity index (χ3v) is 5.07. The highest BCUT2D eigenvalue weighted by Crippen LogP contribution is 2.31. The van der Waals surface area contributed by atoms with Gasteiger partial charge < -0.3 is 19.7 Å². The topological polar surface area (TPSA) is 76.6 Å². The molecule has 0 unspecified atom stereocenters. The number of aryl methyl sites for hydroxylation is 1. The molecule has 1 aromatic carbocycles. The molecular formula is C20H24N4O3. The van der Waals surface area contributed by atoms with Gasteiger partial charge in [0.1, 0.15) is 5.69 Å². The molecule has 1 N–H and O–H groups in total. The van der Waals surface area contributed by atoms with Gasteiger partial charge in [-0.05, 0) is 18.6 Å². The summed E-state index contributed by atoms with van der Waals surface area (Å²) in [7, 11) is 0. The number of likely N-dealkylation sites (tertiary alicyclic amines) is 1. The van der Waals surface area contributed by atoms with Gasteiger partial charge in [-0.25, -0.2) is 9.97 Å². The molecule has 0 atom stereocenters. The molecule has 2 saturated heterocycles. The van der Waals surface area contributed by atoms with Crippen molar-refractivity contribution in [3.63, 3.8) is 0 Å². The summed E-state index contributed by atoms with van der Waals surface area (Å²) in [6.07, 6.45) is 3.01. The van der Waals surface area contributed by atoms with Crippen molar-refractivity contribution in [2.45, 2.75) is 32.1 Å². The van der Waals surface area contributed by atoms with E-state index >= 15 is 0 Å². The van der Waals surface area contributed by atoms with Crippen LogP contribution in [0.1, 0.15) is 34.5 Å². The predicted molar refractivity (Wildman–Crippen MR) is 100 cm³/mol. The number of nitrogens with zero attached hydrogens (tertiary/aromatic N) is 3. The first-order valence-corrected chi connectivity index (χ1v) is 9.33. The Kier molecular flexibility index (Phi) is 5.05. The Bertz CT molecular complexity index is 793. The summed E-state index contributed by atoms with van der Waals surface area (Å²) >= 11 is 0. The maximum absolute atomic E-state index is 12.8. The highest BCUT2D eigenvalue weighted by atomic mass is 16.7. The molecule has 2 aliphatic heterocycles. The third-order valence-electron chi connectivity index (χ3n) is 5.07. The van der Waals surface area contributed by atoms with Crippen LogP contribution in [0.3, 0.4) is 0 Å². The normalized spacial score (nSPS) is 18.6. The summed E-state index contributed by atoms with van der Waals surface area (Å²) in [6, 6.07) is 9.92. The molecule has 0 radical (unpaired) electrons. The van der Waals surface area contributed by atoms with Gasteiger partial charge in [-0.3, -0.25) is 4.79 Å². The molecule has 4 rings (SSSR count). The SMILES string of the molecule is Cc1ccc(CNc2nccc(C(=O)N3CCC4(CC3)OCCO4)n2)cc1. The lowest BCUT2D eigenvalue weighted by molar-refractivity contribution is -0.181. The van der Waals surface area contributed by atoms with Crippen LogP contribution in [0, 0.1) is 6.92 Å². The predicted octanol–water partition coefficient (Wildman–Crippen LogP) is 2.38. The van der Waals surface area contributed by atoms with Gasteiger partial charge in [0, 0.05) is 38.7 Å². The van der Waals surface area contributed by atoms with Crippen LogP contribution < -0.4 is 5.32 Å². The van der Waals surface area contributed by atoms with Gasteiger partial charge in [0.25, 0.3) is 5.91 Å². The molecule has 2 fully saturated rings. The monoisotopic (exact) mass is 368 g/mol. The molecule has 2 aromatic rings. The molecule has 1 aromatic heterocycles. The first kappa shape index (κ1) is 17.9. The fraction of sp³-hybridized carbons (Fsp3) is 0.450. The van der Waals surface area contributed by atoms with Crippen LogP contribution >= 0.6 is 0 Å². The minimum Gasteiger partial charge on any atom is -0.350 e. The van der Waals surface area contributed by atoms with Gasteiger partial charge in [-0.15, -0.1) is 0 Å².